The first-order valence-electron chi connectivity index (χ1n) is 5.76. The van der Waals surface area contributed by atoms with Crippen LogP contribution in [0.15, 0.2) is 18.2 Å². The second-order valence-electron chi connectivity index (χ2n) is 3.92. The van der Waals surface area contributed by atoms with Crippen LogP contribution in [0.1, 0.15) is 24.5 Å². The van der Waals surface area contributed by atoms with Crippen LogP contribution >= 0.6 is 0 Å². The zero-order valence-corrected chi connectivity index (χ0v) is 10.5. The third-order valence-corrected chi connectivity index (χ3v) is 2.55. The van der Waals surface area contributed by atoms with E-state index in [4.69, 9.17) is 9.47 Å². The number of halogens is 3. The topological polar surface area (TPSA) is 18.5 Å². The van der Waals surface area contributed by atoms with Crippen LogP contribution in [0, 0.1) is 0 Å². The molecule has 5 heteroatoms. The van der Waals surface area contributed by atoms with Crippen molar-refractivity contribution >= 4 is 0 Å². The molecule has 0 aromatic heterocycles. The van der Waals surface area contributed by atoms with Crippen molar-refractivity contribution in [3.8, 4) is 5.75 Å². The van der Waals surface area contributed by atoms with E-state index in [9.17, 15) is 13.2 Å². The molecule has 1 aromatic rings. The smallest absolute Gasteiger partial charge is 0.391 e. The SMILES string of the molecule is CCc1ccc(COCCC(F)(F)F)c(OC)c1. The summed E-state index contributed by atoms with van der Waals surface area (Å²) in [6.07, 6.45) is -4.22. The lowest BCUT2D eigenvalue weighted by Crippen LogP contribution is -2.11. The summed E-state index contributed by atoms with van der Waals surface area (Å²) in [5.41, 5.74) is 1.88. The van der Waals surface area contributed by atoms with E-state index in [1.54, 1.807) is 0 Å². The molecule has 0 N–H and O–H groups in total. The van der Waals surface area contributed by atoms with Crippen LogP contribution < -0.4 is 4.74 Å². The van der Waals surface area contributed by atoms with E-state index in [2.05, 4.69) is 0 Å². The van der Waals surface area contributed by atoms with E-state index in [0.717, 1.165) is 17.5 Å². The minimum atomic E-state index is -4.17. The van der Waals surface area contributed by atoms with Crippen LogP contribution in [0.4, 0.5) is 13.2 Å². The number of methoxy groups -OCH3 is 1. The van der Waals surface area contributed by atoms with E-state index < -0.39 is 12.6 Å². The Balaban J connectivity index is 2.51. The summed E-state index contributed by atoms with van der Waals surface area (Å²) in [6.45, 7) is 1.82. The number of benzene rings is 1. The summed E-state index contributed by atoms with van der Waals surface area (Å²) in [5, 5.41) is 0. The molecule has 0 aliphatic carbocycles. The zero-order valence-electron chi connectivity index (χ0n) is 10.5. The molecule has 1 aromatic carbocycles. The maximum atomic E-state index is 11.9. The first-order chi connectivity index (χ1) is 8.46. The minimum absolute atomic E-state index is 0.128. The highest BCUT2D eigenvalue weighted by molar-refractivity contribution is 5.37. The van der Waals surface area contributed by atoms with Gasteiger partial charge in [-0.2, -0.15) is 13.2 Å². The molecule has 0 radical (unpaired) electrons. The van der Waals surface area contributed by atoms with Gasteiger partial charge in [-0.1, -0.05) is 19.1 Å². The lowest BCUT2D eigenvalue weighted by atomic mass is 10.1. The Morgan fingerprint density at radius 2 is 1.94 bits per heavy atom. The Labute approximate surface area is 105 Å². The van der Waals surface area contributed by atoms with Gasteiger partial charge in [-0.3, -0.25) is 0 Å². The van der Waals surface area contributed by atoms with Crippen molar-refractivity contribution in [1.29, 1.82) is 0 Å². The van der Waals surface area contributed by atoms with Gasteiger partial charge in [0.05, 0.1) is 26.7 Å². The van der Waals surface area contributed by atoms with E-state index in [1.807, 2.05) is 25.1 Å². The summed E-state index contributed by atoms with van der Waals surface area (Å²) in [6, 6.07) is 5.62. The molecule has 0 saturated carbocycles. The number of hydrogen-bond acceptors (Lipinski definition) is 2. The van der Waals surface area contributed by atoms with Crippen LogP contribution in [0.25, 0.3) is 0 Å². The molecule has 0 fully saturated rings. The van der Waals surface area contributed by atoms with Gasteiger partial charge in [0.25, 0.3) is 0 Å². The predicted molar refractivity (Wildman–Crippen MR) is 62.7 cm³/mol. The predicted octanol–water partition coefficient (Wildman–Crippen LogP) is 3.73. The van der Waals surface area contributed by atoms with E-state index >= 15 is 0 Å². The summed E-state index contributed by atoms with van der Waals surface area (Å²) < 4.78 is 46.0. The molecule has 0 saturated heterocycles. The quantitative estimate of drug-likeness (QED) is 0.727. The van der Waals surface area contributed by atoms with E-state index in [1.165, 1.54) is 7.11 Å². The van der Waals surface area contributed by atoms with Gasteiger partial charge in [0.15, 0.2) is 0 Å². The van der Waals surface area contributed by atoms with Crippen LogP contribution in [0.2, 0.25) is 0 Å². The highest BCUT2D eigenvalue weighted by Crippen LogP contribution is 2.23. The average molecular weight is 262 g/mol. The second kappa shape index (κ2) is 6.64. The van der Waals surface area contributed by atoms with Gasteiger partial charge in [0.2, 0.25) is 0 Å². The van der Waals surface area contributed by atoms with Crippen molar-refractivity contribution in [1.82, 2.24) is 0 Å². The monoisotopic (exact) mass is 262 g/mol. The maximum absolute atomic E-state index is 11.9. The molecule has 0 aliphatic heterocycles. The van der Waals surface area contributed by atoms with Crippen LogP contribution in [-0.2, 0) is 17.8 Å². The number of aryl methyl sites for hydroxylation is 1. The normalized spacial score (nSPS) is 11.6. The zero-order chi connectivity index (χ0) is 13.6. The summed E-state index contributed by atoms with van der Waals surface area (Å²) in [5.74, 6) is 0.654. The van der Waals surface area contributed by atoms with Crippen LogP contribution in [0.3, 0.4) is 0 Å². The summed E-state index contributed by atoms with van der Waals surface area (Å²) >= 11 is 0. The molecule has 0 amide bonds. The molecule has 0 spiro atoms. The highest BCUT2D eigenvalue weighted by atomic mass is 19.4. The number of alkyl halides is 3. The molecular weight excluding hydrogens is 245 g/mol. The minimum Gasteiger partial charge on any atom is -0.496 e. The Bertz CT molecular complexity index is 375. The van der Waals surface area contributed by atoms with Crippen molar-refractivity contribution in [3.05, 3.63) is 29.3 Å². The maximum Gasteiger partial charge on any atom is 0.391 e. The average Bonchev–Trinajstić information content (AvgIpc) is 2.33. The van der Waals surface area contributed by atoms with Crippen LogP contribution in [0.5, 0.6) is 5.75 Å². The standard InChI is InChI=1S/C13H17F3O2/c1-3-10-4-5-11(12(8-10)17-2)9-18-7-6-13(14,15)16/h4-5,8H,3,6-7,9H2,1-2H3. The number of rotatable bonds is 6. The van der Waals surface area contributed by atoms with E-state index in [-0.39, 0.29) is 13.2 Å². The first kappa shape index (κ1) is 14.8. The highest BCUT2D eigenvalue weighted by Gasteiger charge is 2.26. The van der Waals surface area contributed by atoms with Crippen molar-refractivity contribution in [2.24, 2.45) is 0 Å². The van der Waals surface area contributed by atoms with Gasteiger partial charge in [-0.15, -0.1) is 0 Å². The Morgan fingerprint density at radius 3 is 2.50 bits per heavy atom. The Kier molecular flexibility index (Phi) is 5.47. The fraction of sp³-hybridized carbons (Fsp3) is 0.538. The van der Waals surface area contributed by atoms with Crippen molar-refractivity contribution in [2.45, 2.75) is 32.5 Å². The molecule has 0 atom stereocenters. The van der Waals surface area contributed by atoms with E-state index in [0.29, 0.717) is 5.75 Å². The van der Waals surface area contributed by atoms with Crippen molar-refractivity contribution in [2.75, 3.05) is 13.7 Å². The van der Waals surface area contributed by atoms with Crippen LogP contribution in [-0.4, -0.2) is 19.9 Å². The molecule has 0 bridgehead atoms. The fourth-order valence-electron chi connectivity index (χ4n) is 1.50. The lowest BCUT2D eigenvalue weighted by Gasteiger charge is -2.11. The van der Waals surface area contributed by atoms with Gasteiger partial charge >= 0.3 is 6.18 Å². The molecule has 0 unspecified atom stereocenters. The largest absolute Gasteiger partial charge is 0.496 e. The van der Waals surface area contributed by atoms with Crippen molar-refractivity contribution < 1.29 is 22.6 Å². The molecule has 18 heavy (non-hydrogen) atoms. The molecule has 1 rings (SSSR count). The fourth-order valence-corrected chi connectivity index (χ4v) is 1.50. The van der Waals surface area contributed by atoms with Gasteiger partial charge in [0, 0.05) is 5.56 Å². The van der Waals surface area contributed by atoms with Gasteiger partial charge in [-0.25, -0.2) is 0 Å². The first-order valence-corrected chi connectivity index (χ1v) is 5.76. The van der Waals surface area contributed by atoms with Crippen molar-refractivity contribution in [3.63, 3.8) is 0 Å². The number of hydrogen-bond donors (Lipinski definition) is 0. The lowest BCUT2D eigenvalue weighted by molar-refractivity contribution is -0.146. The molecule has 2 nitrogen and oxygen atoms in total. The van der Waals surface area contributed by atoms with Gasteiger partial charge < -0.3 is 9.47 Å². The molecule has 102 valence electrons. The molecule has 0 heterocycles. The summed E-state index contributed by atoms with van der Waals surface area (Å²) in [7, 11) is 1.54. The molecule has 0 aliphatic rings. The third-order valence-electron chi connectivity index (χ3n) is 2.55. The molecular formula is C13H17F3O2. The number of ether oxygens (including phenoxy) is 2. The summed E-state index contributed by atoms with van der Waals surface area (Å²) in [4.78, 5) is 0. The Hall–Kier alpha value is -1.23. The second-order valence-corrected chi connectivity index (χ2v) is 3.92. The Morgan fingerprint density at radius 1 is 1.22 bits per heavy atom. The third kappa shape index (κ3) is 4.96. The van der Waals surface area contributed by atoms with Gasteiger partial charge in [0.1, 0.15) is 5.75 Å². The van der Waals surface area contributed by atoms with Gasteiger partial charge in [-0.05, 0) is 18.1 Å².